The van der Waals surface area contributed by atoms with Crippen LogP contribution < -0.4 is 4.74 Å². The standard InChI is InChI=1S/C14H12N4O/c1-2-4-12(5-3-1)9-19-13-6-7-14(16-8-13)18-11-15-10-17-18/h1-8,10-11H,9H2. The van der Waals surface area contributed by atoms with Gasteiger partial charge in [-0.1, -0.05) is 30.3 Å². The summed E-state index contributed by atoms with van der Waals surface area (Å²) in [6.07, 6.45) is 4.76. The Morgan fingerprint density at radius 2 is 1.95 bits per heavy atom. The zero-order valence-corrected chi connectivity index (χ0v) is 10.2. The third-order valence-corrected chi connectivity index (χ3v) is 2.62. The number of hydrogen-bond acceptors (Lipinski definition) is 4. The van der Waals surface area contributed by atoms with Gasteiger partial charge in [-0.25, -0.2) is 14.6 Å². The number of ether oxygens (including phenoxy) is 1. The van der Waals surface area contributed by atoms with Gasteiger partial charge in [0, 0.05) is 0 Å². The van der Waals surface area contributed by atoms with Crippen molar-refractivity contribution >= 4 is 0 Å². The van der Waals surface area contributed by atoms with Gasteiger partial charge < -0.3 is 4.74 Å². The van der Waals surface area contributed by atoms with E-state index in [1.54, 1.807) is 17.2 Å². The molecule has 0 N–H and O–H groups in total. The van der Waals surface area contributed by atoms with Gasteiger partial charge in [0.25, 0.3) is 0 Å². The van der Waals surface area contributed by atoms with Gasteiger partial charge in [-0.3, -0.25) is 0 Å². The quantitative estimate of drug-likeness (QED) is 0.714. The largest absolute Gasteiger partial charge is 0.487 e. The summed E-state index contributed by atoms with van der Waals surface area (Å²) in [5.74, 6) is 1.44. The first-order valence-electron chi connectivity index (χ1n) is 5.89. The highest BCUT2D eigenvalue weighted by molar-refractivity contribution is 5.27. The average molecular weight is 252 g/mol. The summed E-state index contributed by atoms with van der Waals surface area (Å²) in [5.41, 5.74) is 1.13. The van der Waals surface area contributed by atoms with Crippen LogP contribution in [0.25, 0.3) is 5.82 Å². The molecule has 3 rings (SSSR count). The molecule has 0 saturated heterocycles. The van der Waals surface area contributed by atoms with E-state index in [1.807, 2.05) is 42.5 Å². The number of hydrogen-bond donors (Lipinski definition) is 0. The third-order valence-electron chi connectivity index (χ3n) is 2.62. The van der Waals surface area contributed by atoms with Gasteiger partial charge in [0.1, 0.15) is 25.0 Å². The highest BCUT2D eigenvalue weighted by Gasteiger charge is 2.00. The Labute approximate surface area is 110 Å². The van der Waals surface area contributed by atoms with Gasteiger partial charge in [0.15, 0.2) is 5.82 Å². The molecule has 5 heteroatoms. The molecule has 5 nitrogen and oxygen atoms in total. The van der Waals surface area contributed by atoms with E-state index in [2.05, 4.69) is 15.1 Å². The lowest BCUT2D eigenvalue weighted by Gasteiger charge is -2.06. The van der Waals surface area contributed by atoms with Crippen LogP contribution in [0, 0.1) is 0 Å². The zero-order chi connectivity index (χ0) is 12.9. The summed E-state index contributed by atoms with van der Waals surface area (Å²) in [5, 5.41) is 4.01. The van der Waals surface area contributed by atoms with Crippen LogP contribution in [-0.4, -0.2) is 19.7 Å². The molecule has 0 unspecified atom stereocenters. The Hall–Kier alpha value is -2.69. The molecule has 19 heavy (non-hydrogen) atoms. The fourth-order valence-corrected chi connectivity index (χ4v) is 1.66. The molecule has 0 spiro atoms. The lowest BCUT2D eigenvalue weighted by molar-refractivity contribution is 0.305. The van der Waals surface area contributed by atoms with Gasteiger partial charge in [-0.15, -0.1) is 0 Å². The van der Waals surface area contributed by atoms with Crippen LogP contribution in [0.4, 0.5) is 0 Å². The van der Waals surface area contributed by atoms with Crippen LogP contribution in [-0.2, 0) is 6.61 Å². The summed E-state index contributed by atoms with van der Waals surface area (Å²) in [4.78, 5) is 8.15. The van der Waals surface area contributed by atoms with Gasteiger partial charge in [0.05, 0.1) is 6.20 Å². The first kappa shape index (κ1) is 11.4. The number of rotatable bonds is 4. The van der Waals surface area contributed by atoms with Gasteiger partial charge >= 0.3 is 0 Å². The molecule has 0 fully saturated rings. The molecule has 1 aromatic carbocycles. The summed E-state index contributed by atoms with van der Waals surface area (Å²) in [6.45, 7) is 0.533. The maximum atomic E-state index is 5.66. The molecule has 94 valence electrons. The van der Waals surface area contributed by atoms with Crippen molar-refractivity contribution < 1.29 is 4.74 Å². The van der Waals surface area contributed by atoms with Crippen LogP contribution in [0.1, 0.15) is 5.56 Å². The lowest BCUT2D eigenvalue weighted by atomic mass is 10.2. The minimum absolute atomic E-state index is 0.533. The van der Waals surface area contributed by atoms with Crippen molar-refractivity contribution in [2.24, 2.45) is 0 Å². The second kappa shape index (κ2) is 5.30. The van der Waals surface area contributed by atoms with Gasteiger partial charge in [0.2, 0.25) is 0 Å². The molecule has 0 radical (unpaired) electrons. The zero-order valence-electron chi connectivity index (χ0n) is 10.2. The Morgan fingerprint density at radius 1 is 1.05 bits per heavy atom. The SMILES string of the molecule is c1ccc(COc2ccc(-n3cncn3)nc2)cc1. The van der Waals surface area contributed by atoms with Crippen LogP contribution in [0.15, 0.2) is 61.3 Å². The highest BCUT2D eigenvalue weighted by Crippen LogP contribution is 2.13. The summed E-state index contributed by atoms with van der Waals surface area (Å²) >= 11 is 0. The van der Waals surface area contributed by atoms with Crippen molar-refractivity contribution in [3.63, 3.8) is 0 Å². The molecule has 0 aliphatic heterocycles. The fourth-order valence-electron chi connectivity index (χ4n) is 1.66. The summed E-state index contributed by atoms with van der Waals surface area (Å²) in [7, 11) is 0. The van der Waals surface area contributed by atoms with Crippen molar-refractivity contribution in [2.45, 2.75) is 6.61 Å². The molecule has 0 atom stereocenters. The maximum Gasteiger partial charge on any atom is 0.155 e. The summed E-state index contributed by atoms with van der Waals surface area (Å²) < 4.78 is 7.25. The number of pyridine rings is 1. The van der Waals surface area contributed by atoms with Crippen LogP contribution >= 0.6 is 0 Å². The van der Waals surface area contributed by atoms with E-state index in [0.29, 0.717) is 12.4 Å². The fraction of sp³-hybridized carbons (Fsp3) is 0.0714. The summed E-state index contributed by atoms with van der Waals surface area (Å²) in [6, 6.07) is 13.7. The minimum atomic E-state index is 0.533. The predicted molar refractivity (Wildman–Crippen MR) is 69.9 cm³/mol. The molecule has 0 amide bonds. The monoisotopic (exact) mass is 252 g/mol. The van der Waals surface area contributed by atoms with E-state index in [9.17, 15) is 0 Å². The van der Waals surface area contributed by atoms with E-state index in [0.717, 1.165) is 11.3 Å². The molecule has 0 aliphatic carbocycles. The average Bonchev–Trinajstić information content (AvgIpc) is 3.01. The van der Waals surface area contributed by atoms with Crippen molar-refractivity contribution in [1.82, 2.24) is 19.7 Å². The maximum absolute atomic E-state index is 5.66. The molecular weight excluding hydrogens is 240 g/mol. The van der Waals surface area contributed by atoms with Crippen molar-refractivity contribution in [3.8, 4) is 11.6 Å². The highest BCUT2D eigenvalue weighted by atomic mass is 16.5. The van der Waals surface area contributed by atoms with E-state index in [4.69, 9.17) is 4.74 Å². The van der Waals surface area contributed by atoms with Crippen LogP contribution in [0.3, 0.4) is 0 Å². The molecular formula is C14H12N4O. The topological polar surface area (TPSA) is 52.8 Å². The molecule has 2 heterocycles. The second-order valence-corrected chi connectivity index (χ2v) is 3.97. The van der Waals surface area contributed by atoms with Crippen LogP contribution in [0.2, 0.25) is 0 Å². The van der Waals surface area contributed by atoms with Crippen LogP contribution in [0.5, 0.6) is 5.75 Å². The van der Waals surface area contributed by atoms with E-state index >= 15 is 0 Å². The van der Waals surface area contributed by atoms with Crippen molar-refractivity contribution in [3.05, 3.63) is 66.9 Å². The molecule has 0 aliphatic rings. The van der Waals surface area contributed by atoms with Crippen molar-refractivity contribution in [1.29, 1.82) is 0 Å². The molecule has 0 bridgehead atoms. The lowest BCUT2D eigenvalue weighted by Crippen LogP contribution is -1.99. The Balaban J connectivity index is 1.67. The number of aromatic nitrogens is 4. The normalized spacial score (nSPS) is 10.3. The van der Waals surface area contributed by atoms with Gasteiger partial charge in [-0.2, -0.15) is 5.10 Å². The Morgan fingerprint density at radius 3 is 2.63 bits per heavy atom. The first-order valence-corrected chi connectivity index (χ1v) is 5.89. The molecule has 3 aromatic rings. The van der Waals surface area contributed by atoms with Crippen molar-refractivity contribution in [2.75, 3.05) is 0 Å². The van der Waals surface area contributed by atoms with E-state index < -0.39 is 0 Å². The Kier molecular flexibility index (Phi) is 3.18. The molecule has 2 aromatic heterocycles. The predicted octanol–water partition coefficient (Wildman–Crippen LogP) is 2.24. The van der Waals surface area contributed by atoms with E-state index in [1.165, 1.54) is 6.33 Å². The third kappa shape index (κ3) is 2.77. The van der Waals surface area contributed by atoms with Gasteiger partial charge in [-0.05, 0) is 17.7 Å². The smallest absolute Gasteiger partial charge is 0.155 e. The Bertz CT molecular complexity index is 620. The molecule has 0 saturated carbocycles. The minimum Gasteiger partial charge on any atom is -0.487 e. The van der Waals surface area contributed by atoms with E-state index in [-0.39, 0.29) is 0 Å². The number of nitrogens with zero attached hydrogens (tertiary/aromatic N) is 4. The number of benzene rings is 1. The second-order valence-electron chi connectivity index (χ2n) is 3.97. The first-order chi connectivity index (χ1) is 9.42.